The fourth-order valence-electron chi connectivity index (χ4n) is 6.82. The molecule has 6 aromatic carbocycles. The first-order valence-corrected chi connectivity index (χ1v) is 19.1. The van der Waals surface area contributed by atoms with Crippen LogP contribution in [0.2, 0.25) is 0 Å². The Morgan fingerprint density at radius 2 is 0.415 bits per heavy atom. The van der Waals surface area contributed by atoms with Gasteiger partial charge in [-0.05, 0) is 0 Å². The van der Waals surface area contributed by atoms with Gasteiger partial charge in [0.05, 0.1) is 0 Å². The van der Waals surface area contributed by atoms with Crippen LogP contribution in [-0.4, -0.2) is 12.3 Å². The molecule has 0 fully saturated rings. The molecule has 0 aromatic heterocycles. The molecule has 0 saturated carbocycles. The van der Waals surface area contributed by atoms with Crippen molar-refractivity contribution in [3.05, 3.63) is 182 Å². The monoisotopic (exact) mass is 568 g/mol. The molecule has 0 spiro atoms. The molecule has 0 heterocycles. The molecular formula is C39H38P2. The zero-order chi connectivity index (χ0) is 27.8. The van der Waals surface area contributed by atoms with E-state index < -0.39 is 14.5 Å². The standard InChI is InChI=1S/C39H38P2/c1-7-20-34(21-8-1)40(35-22-9-2-10-23-35,36-24-11-3-12-25-36)32-19-33-41(37-26-13-4-14-27-37,38-28-15-5-16-29-38)39-30-17-6-18-31-39/h1-18,20-31,40-41H,19,32-33H2. The molecule has 41 heavy (non-hydrogen) atoms. The van der Waals surface area contributed by atoms with Crippen LogP contribution in [0.4, 0.5) is 0 Å². The summed E-state index contributed by atoms with van der Waals surface area (Å²) in [6.45, 7) is 0. The molecule has 0 unspecified atom stereocenters. The van der Waals surface area contributed by atoms with Gasteiger partial charge in [0.25, 0.3) is 0 Å². The van der Waals surface area contributed by atoms with Crippen molar-refractivity contribution in [1.82, 2.24) is 0 Å². The van der Waals surface area contributed by atoms with E-state index in [9.17, 15) is 0 Å². The molecule has 0 aliphatic rings. The predicted octanol–water partition coefficient (Wildman–Crippen LogP) is 6.83. The zero-order valence-electron chi connectivity index (χ0n) is 23.4. The molecule has 0 N–H and O–H groups in total. The molecule has 0 nitrogen and oxygen atoms in total. The van der Waals surface area contributed by atoms with Gasteiger partial charge in [-0.15, -0.1) is 0 Å². The second kappa shape index (κ2) is 12.8. The van der Waals surface area contributed by atoms with E-state index in [1.54, 1.807) is 0 Å². The predicted molar refractivity (Wildman–Crippen MR) is 187 cm³/mol. The second-order valence-electron chi connectivity index (χ2n) is 10.9. The van der Waals surface area contributed by atoms with Crippen LogP contribution in [0.1, 0.15) is 6.42 Å². The number of hydrogen-bond donors (Lipinski definition) is 0. The summed E-state index contributed by atoms with van der Waals surface area (Å²) >= 11 is 0. The third-order valence-electron chi connectivity index (χ3n) is 8.70. The Hall–Kier alpha value is -3.82. The van der Waals surface area contributed by atoms with E-state index in [-0.39, 0.29) is 0 Å². The Morgan fingerprint density at radius 3 is 0.585 bits per heavy atom. The fraction of sp³-hybridized carbons (Fsp3) is 0.0769. The Morgan fingerprint density at radius 1 is 0.244 bits per heavy atom. The van der Waals surface area contributed by atoms with Gasteiger partial charge in [0, 0.05) is 0 Å². The van der Waals surface area contributed by atoms with Crippen LogP contribution in [0.5, 0.6) is 0 Å². The summed E-state index contributed by atoms with van der Waals surface area (Å²) in [6.07, 6.45) is 3.47. The first-order chi connectivity index (χ1) is 20.3. The van der Waals surface area contributed by atoms with Gasteiger partial charge < -0.3 is 0 Å². The quantitative estimate of drug-likeness (QED) is 0.159. The molecule has 2 heteroatoms. The van der Waals surface area contributed by atoms with E-state index >= 15 is 0 Å². The van der Waals surface area contributed by atoms with Crippen molar-refractivity contribution in [3.63, 3.8) is 0 Å². The van der Waals surface area contributed by atoms with Gasteiger partial charge in [0.1, 0.15) is 0 Å². The van der Waals surface area contributed by atoms with Crippen molar-refractivity contribution < 1.29 is 0 Å². The molecular weight excluding hydrogens is 530 g/mol. The molecule has 0 bridgehead atoms. The van der Waals surface area contributed by atoms with Crippen LogP contribution in [0.25, 0.3) is 0 Å². The van der Waals surface area contributed by atoms with E-state index in [4.69, 9.17) is 0 Å². The van der Waals surface area contributed by atoms with Crippen LogP contribution < -0.4 is 31.8 Å². The zero-order valence-corrected chi connectivity index (χ0v) is 25.4. The average molecular weight is 569 g/mol. The van der Waals surface area contributed by atoms with Crippen molar-refractivity contribution in [3.8, 4) is 0 Å². The van der Waals surface area contributed by atoms with Gasteiger partial charge in [0.15, 0.2) is 0 Å². The van der Waals surface area contributed by atoms with Gasteiger partial charge in [-0.2, -0.15) is 0 Å². The van der Waals surface area contributed by atoms with Crippen LogP contribution in [0.15, 0.2) is 182 Å². The van der Waals surface area contributed by atoms with Crippen molar-refractivity contribution >= 4 is 46.4 Å². The Balaban J connectivity index is 1.50. The van der Waals surface area contributed by atoms with Crippen molar-refractivity contribution in [2.24, 2.45) is 0 Å². The number of rotatable bonds is 10. The van der Waals surface area contributed by atoms with Crippen molar-refractivity contribution in [1.29, 1.82) is 0 Å². The second-order valence-corrected chi connectivity index (χ2v) is 18.9. The third-order valence-corrected chi connectivity index (χ3v) is 18.8. The molecule has 0 amide bonds. The van der Waals surface area contributed by atoms with Gasteiger partial charge in [0.2, 0.25) is 0 Å². The molecule has 0 aliphatic heterocycles. The molecule has 6 aromatic rings. The molecule has 0 aliphatic carbocycles. The Kier molecular flexibility index (Phi) is 8.53. The molecule has 204 valence electrons. The normalized spacial score (nSPS) is 12.5. The van der Waals surface area contributed by atoms with E-state index in [0.717, 1.165) is 18.7 Å². The minimum atomic E-state index is -2.30. The van der Waals surface area contributed by atoms with Crippen LogP contribution >= 0.6 is 14.5 Å². The maximum atomic E-state index is 2.38. The molecule has 6 rings (SSSR count). The summed E-state index contributed by atoms with van der Waals surface area (Å²) in [5.41, 5.74) is 0. The topological polar surface area (TPSA) is 0 Å². The van der Waals surface area contributed by atoms with Crippen LogP contribution in [0.3, 0.4) is 0 Å². The summed E-state index contributed by atoms with van der Waals surface area (Å²) in [7, 11) is -4.61. The molecule has 0 saturated heterocycles. The van der Waals surface area contributed by atoms with Gasteiger partial charge in [-0.3, -0.25) is 0 Å². The Labute approximate surface area is 246 Å². The van der Waals surface area contributed by atoms with Gasteiger partial charge in [-0.25, -0.2) is 0 Å². The summed E-state index contributed by atoms with van der Waals surface area (Å²) in [4.78, 5) is 0. The summed E-state index contributed by atoms with van der Waals surface area (Å²) in [5.74, 6) is 0. The maximum absolute atomic E-state index is 2.38. The first kappa shape index (κ1) is 27.4. The van der Waals surface area contributed by atoms with Crippen molar-refractivity contribution in [2.75, 3.05) is 12.3 Å². The summed E-state index contributed by atoms with van der Waals surface area (Å²) in [6, 6.07) is 68.1. The minimum absolute atomic E-state index is 1.15. The SMILES string of the molecule is c1ccc([PH](CCC[PH](c2ccccc2)(c2ccccc2)c2ccccc2)(c2ccccc2)c2ccccc2)cc1. The van der Waals surface area contributed by atoms with E-state index in [0.29, 0.717) is 0 Å². The average Bonchev–Trinajstić information content (AvgIpc) is 3.08. The summed E-state index contributed by atoms with van der Waals surface area (Å²) in [5, 5.41) is 8.94. The summed E-state index contributed by atoms with van der Waals surface area (Å²) < 4.78 is 0. The van der Waals surface area contributed by atoms with E-state index in [2.05, 4.69) is 182 Å². The van der Waals surface area contributed by atoms with E-state index in [1.807, 2.05) is 0 Å². The first-order valence-electron chi connectivity index (χ1n) is 14.7. The molecule has 0 atom stereocenters. The number of benzene rings is 6. The van der Waals surface area contributed by atoms with Crippen LogP contribution in [0, 0.1) is 0 Å². The van der Waals surface area contributed by atoms with Crippen molar-refractivity contribution in [2.45, 2.75) is 6.42 Å². The fourth-order valence-corrected chi connectivity index (χ4v) is 16.9. The van der Waals surface area contributed by atoms with Gasteiger partial charge >= 0.3 is 247 Å². The molecule has 0 radical (unpaired) electrons. The third kappa shape index (κ3) is 5.44. The Bertz CT molecular complexity index is 1300. The van der Waals surface area contributed by atoms with Gasteiger partial charge in [-0.1, -0.05) is 0 Å². The van der Waals surface area contributed by atoms with Crippen LogP contribution in [-0.2, 0) is 0 Å². The van der Waals surface area contributed by atoms with E-state index in [1.165, 1.54) is 31.8 Å². The number of hydrogen-bond acceptors (Lipinski definition) is 0.